The summed E-state index contributed by atoms with van der Waals surface area (Å²) in [5, 5.41) is 1.02. The Bertz CT molecular complexity index is 1140. The Morgan fingerprint density at radius 1 is 1.15 bits per heavy atom. The molecule has 1 aliphatic heterocycles. The molecular formula is C16H16N4O4S2. The van der Waals surface area contributed by atoms with Gasteiger partial charge >= 0.3 is 5.69 Å². The predicted molar refractivity (Wildman–Crippen MR) is 98.0 cm³/mol. The number of nitrogens with one attached hydrogen (secondary N) is 2. The molecule has 26 heavy (non-hydrogen) atoms. The Labute approximate surface area is 152 Å². The minimum atomic E-state index is -3.94. The standard InChI is InChI=1S/C16H16N4O4S2/c21-14-13(9-17-16(22)19-14)26(23,24)20-7-5-10(6-8-20)15-18-11-3-1-2-4-12(11)25-15/h1-4,9-10H,5-8H2,(H2,17,19,21,22). The zero-order valence-corrected chi connectivity index (χ0v) is 15.3. The van der Waals surface area contributed by atoms with Crippen LogP contribution in [0.2, 0.25) is 0 Å². The molecule has 1 saturated heterocycles. The van der Waals surface area contributed by atoms with E-state index in [4.69, 9.17) is 0 Å². The maximum Gasteiger partial charge on any atom is 0.325 e. The van der Waals surface area contributed by atoms with Gasteiger partial charge in [0.25, 0.3) is 5.56 Å². The molecule has 4 rings (SSSR count). The van der Waals surface area contributed by atoms with E-state index in [0.717, 1.165) is 21.4 Å². The van der Waals surface area contributed by atoms with E-state index in [2.05, 4.69) is 9.97 Å². The average Bonchev–Trinajstić information content (AvgIpc) is 3.05. The lowest BCUT2D eigenvalue weighted by atomic mass is 9.99. The molecule has 3 heterocycles. The highest BCUT2D eigenvalue weighted by Crippen LogP contribution is 2.34. The van der Waals surface area contributed by atoms with E-state index in [1.54, 1.807) is 11.3 Å². The van der Waals surface area contributed by atoms with Gasteiger partial charge in [0.15, 0.2) is 4.90 Å². The molecule has 1 aliphatic rings. The first kappa shape index (κ1) is 17.1. The number of hydrogen-bond acceptors (Lipinski definition) is 6. The van der Waals surface area contributed by atoms with Crippen LogP contribution in [0.1, 0.15) is 23.8 Å². The number of sulfonamides is 1. The number of rotatable bonds is 3. The van der Waals surface area contributed by atoms with Crippen molar-refractivity contribution in [2.45, 2.75) is 23.7 Å². The van der Waals surface area contributed by atoms with Crippen molar-refractivity contribution in [1.29, 1.82) is 0 Å². The number of H-pyrrole nitrogens is 2. The van der Waals surface area contributed by atoms with Crippen LogP contribution in [0.5, 0.6) is 0 Å². The Kier molecular flexibility index (Phi) is 4.25. The van der Waals surface area contributed by atoms with Gasteiger partial charge in [-0.1, -0.05) is 12.1 Å². The van der Waals surface area contributed by atoms with Crippen LogP contribution in [0.4, 0.5) is 0 Å². The molecule has 2 N–H and O–H groups in total. The number of nitrogens with zero attached hydrogens (tertiary/aromatic N) is 2. The molecule has 2 aromatic heterocycles. The van der Waals surface area contributed by atoms with Gasteiger partial charge in [0.2, 0.25) is 10.0 Å². The van der Waals surface area contributed by atoms with Gasteiger partial charge in [-0.25, -0.2) is 18.2 Å². The van der Waals surface area contributed by atoms with Crippen LogP contribution in [-0.4, -0.2) is 40.8 Å². The number of para-hydroxylation sites is 1. The lowest BCUT2D eigenvalue weighted by Crippen LogP contribution is -2.41. The minimum absolute atomic E-state index is 0.202. The summed E-state index contributed by atoms with van der Waals surface area (Å²) in [6, 6.07) is 7.92. The van der Waals surface area contributed by atoms with E-state index in [9.17, 15) is 18.0 Å². The summed E-state index contributed by atoms with van der Waals surface area (Å²) in [7, 11) is -3.94. The number of aromatic nitrogens is 3. The van der Waals surface area contributed by atoms with Gasteiger partial charge < -0.3 is 4.98 Å². The molecule has 3 aromatic rings. The average molecular weight is 392 g/mol. The van der Waals surface area contributed by atoms with E-state index in [0.29, 0.717) is 25.9 Å². The van der Waals surface area contributed by atoms with Crippen molar-refractivity contribution in [2.75, 3.05) is 13.1 Å². The molecule has 10 heteroatoms. The van der Waals surface area contributed by atoms with Crippen molar-refractivity contribution < 1.29 is 8.42 Å². The predicted octanol–water partition coefficient (Wildman–Crippen LogP) is 1.24. The summed E-state index contributed by atoms with van der Waals surface area (Å²) in [5.74, 6) is 0.202. The molecule has 1 aromatic carbocycles. The molecule has 136 valence electrons. The monoisotopic (exact) mass is 392 g/mol. The number of fused-ring (bicyclic) bond motifs is 1. The molecule has 0 spiro atoms. The van der Waals surface area contributed by atoms with E-state index in [1.165, 1.54) is 4.31 Å². The fraction of sp³-hybridized carbons (Fsp3) is 0.312. The molecule has 0 unspecified atom stereocenters. The summed E-state index contributed by atoms with van der Waals surface area (Å²) < 4.78 is 27.8. The van der Waals surface area contributed by atoms with Gasteiger partial charge in [-0.05, 0) is 25.0 Å². The van der Waals surface area contributed by atoms with Gasteiger partial charge in [-0.2, -0.15) is 4.31 Å². The van der Waals surface area contributed by atoms with Crippen LogP contribution < -0.4 is 11.2 Å². The number of piperidine rings is 1. The van der Waals surface area contributed by atoms with Gasteiger partial charge in [0.05, 0.1) is 15.2 Å². The second-order valence-corrected chi connectivity index (χ2v) is 9.10. The smallest absolute Gasteiger partial charge is 0.313 e. The van der Waals surface area contributed by atoms with E-state index >= 15 is 0 Å². The number of aromatic amines is 2. The van der Waals surface area contributed by atoms with E-state index < -0.39 is 26.2 Å². The van der Waals surface area contributed by atoms with Crippen LogP contribution >= 0.6 is 11.3 Å². The second kappa shape index (κ2) is 6.45. The van der Waals surface area contributed by atoms with Crippen molar-refractivity contribution in [3.63, 3.8) is 0 Å². The lowest BCUT2D eigenvalue weighted by molar-refractivity contribution is 0.319. The Morgan fingerprint density at radius 2 is 1.88 bits per heavy atom. The molecule has 0 aliphatic carbocycles. The zero-order valence-electron chi connectivity index (χ0n) is 13.6. The molecule has 1 fully saturated rings. The summed E-state index contributed by atoms with van der Waals surface area (Å²) in [6.07, 6.45) is 2.23. The minimum Gasteiger partial charge on any atom is -0.313 e. The second-order valence-electron chi connectivity index (χ2n) is 6.13. The summed E-state index contributed by atoms with van der Waals surface area (Å²) >= 11 is 1.64. The molecule has 0 radical (unpaired) electrons. The normalized spacial score (nSPS) is 16.9. The molecule has 0 amide bonds. The van der Waals surface area contributed by atoms with Gasteiger partial charge in [0, 0.05) is 25.2 Å². The van der Waals surface area contributed by atoms with Crippen LogP contribution in [0.15, 0.2) is 44.9 Å². The first-order valence-corrected chi connectivity index (χ1v) is 10.4. The summed E-state index contributed by atoms with van der Waals surface area (Å²) in [5.41, 5.74) is -0.673. The Hall–Kier alpha value is -2.30. The van der Waals surface area contributed by atoms with Gasteiger partial charge in [-0.3, -0.25) is 9.78 Å². The summed E-state index contributed by atoms with van der Waals surface area (Å²) in [4.78, 5) is 31.3. The number of benzene rings is 1. The highest BCUT2D eigenvalue weighted by Gasteiger charge is 2.32. The van der Waals surface area contributed by atoms with Crippen LogP contribution in [0.3, 0.4) is 0 Å². The first-order chi connectivity index (χ1) is 12.4. The highest BCUT2D eigenvalue weighted by atomic mass is 32.2. The largest absolute Gasteiger partial charge is 0.325 e. The third kappa shape index (κ3) is 3.00. The SMILES string of the molecule is O=c1[nH]cc(S(=O)(=O)N2CCC(c3nc4ccccc4s3)CC2)c(=O)[nH]1. The lowest BCUT2D eigenvalue weighted by Gasteiger charge is -2.29. The van der Waals surface area contributed by atoms with Gasteiger partial charge in [0.1, 0.15) is 0 Å². The zero-order chi connectivity index (χ0) is 18.3. The maximum absolute atomic E-state index is 12.7. The van der Waals surface area contributed by atoms with E-state index in [1.807, 2.05) is 29.2 Å². The van der Waals surface area contributed by atoms with Crippen molar-refractivity contribution in [2.24, 2.45) is 0 Å². The molecule has 0 atom stereocenters. The third-order valence-electron chi connectivity index (χ3n) is 4.52. The van der Waals surface area contributed by atoms with E-state index in [-0.39, 0.29) is 5.92 Å². The molecule has 0 bridgehead atoms. The Morgan fingerprint density at radius 3 is 2.58 bits per heavy atom. The van der Waals surface area contributed by atoms with Crippen LogP contribution in [-0.2, 0) is 10.0 Å². The topological polar surface area (TPSA) is 116 Å². The highest BCUT2D eigenvalue weighted by molar-refractivity contribution is 7.89. The fourth-order valence-corrected chi connectivity index (χ4v) is 5.74. The van der Waals surface area contributed by atoms with Crippen molar-refractivity contribution in [3.05, 3.63) is 56.3 Å². The quantitative estimate of drug-likeness (QED) is 0.696. The summed E-state index contributed by atoms with van der Waals surface area (Å²) in [6.45, 7) is 0.614. The maximum atomic E-state index is 12.7. The van der Waals surface area contributed by atoms with Gasteiger partial charge in [-0.15, -0.1) is 11.3 Å². The third-order valence-corrected chi connectivity index (χ3v) is 7.62. The molecule has 8 nitrogen and oxygen atoms in total. The number of hydrogen-bond donors (Lipinski definition) is 2. The van der Waals surface area contributed by atoms with Crippen molar-refractivity contribution >= 4 is 31.6 Å². The molecular weight excluding hydrogens is 376 g/mol. The number of thiazole rings is 1. The van der Waals surface area contributed by atoms with Crippen molar-refractivity contribution in [3.8, 4) is 0 Å². The molecule has 0 saturated carbocycles. The van der Waals surface area contributed by atoms with Crippen molar-refractivity contribution in [1.82, 2.24) is 19.3 Å². The fourth-order valence-electron chi connectivity index (χ4n) is 3.14. The van der Waals surface area contributed by atoms with Crippen LogP contribution in [0, 0.1) is 0 Å². The first-order valence-electron chi connectivity index (χ1n) is 8.13. The Balaban J connectivity index is 1.54. The van der Waals surface area contributed by atoms with Crippen LogP contribution in [0.25, 0.3) is 10.2 Å².